The molecule has 116 valence electrons. The maximum Gasteiger partial charge on any atom is 0.263 e. The van der Waals surface area contributed by atoms with Gasteiger partial charge in [-0.05, 0) is 31.2 Å². The van der Waals surface area contributed by atoms with Crippen molar-refractivity contribution in [1.29, 1.82) is 0 Å². The van der Waals surface area contributed by atoms with Crippen LogP contribution in [0, 0.1) is 6.92 Å². The first kappa shape index (κ1) is 14.3. The van der Waals surface area contributed by atoms with Crippen LogP contribution in [-0.4, -0.2) is 21.8 Å². The molecule has 5 heteroatoms. The summed E-state index contributed by atoms with van der Waals surface area (Å²) < 4.78 is 1.81. The Balaban J connectivity index is 1.63. The highest BCUT2D eigenvalue weighted by Gasteiger charge is 2.25. The fourth-order valence-electron chi connectivity index (χ4n) is 2.87. The first-order valence-corrected chi connectivity index (χ1v) is 8.65. The molecule has 2 heterocycles. The fraction of sp³-hybridized carbons (Fsp3) is 0.222. The minimum absolute atomic E-state index is 0.0464. The zero-order valence-corrected chi connectivity index (χ0v) is 13.6. The highest BCUT2D eigenvalue weighted by molar-refractivity contribution is 7.99. The average Bonchev–Trinajstić information content (AvgIpc) is 2.98. The molecule has 4 nitrogen and oxygen atoms in total. The lowest BCUT2D eigenvalue weighted by Gasteiger charge is -2.13. The summed E-state index contributed by atoms with van der Waals surface area (Å²) in [4.78, 5) is 18.6. The summed E-state index contributed by atoms with van der Waals surface area (Å²) in [7, 11) is 0. The van der Waals surface area contributed by atoms with E-state index in [9.17, 15) is 4.79 Å². The Labute approximate surface area is 138 Å². The molecule has 0 aliphatic carbocycles. The normalized spacial score (nSPS) is 16.3. The Kier molecular flexibility index (Phi) is 3.58. The minimum Gasteiger partial charge on any atom is -0.353 e. The maximum atomic E-state index is 12.8. The summed E-state index contributed by atoms with van der Waals surface area (Å²) in [6, 6.07) is 16.1. The summed E-state index contributed by atoms with van der Waals surface area (Å²) >= 11 is 1.78. The highest BCUT2D eigenvalue weighted by atomic mass is 32.2. The first-order valence-electron chi connectivity index (χ1n) is 7.67. The molecule has 1 atom stereocenters. The summed E-state index contributed by atoms with van der Waals surface area (Å²) in [6.07, 6.45) is 0. The zero-order valence-electron chi connectivity index (χ0n) is 12.8. The topological polar surface area (TPSA) is 46.9 Å². The minimum atomic E-state index is 0.0464. The molecule has 3 aromatic rings. The summed E-state index contributed by atoms with van der Waals surface area (Å²) in [5.41, 5.74) is 2.06. The van der Waals surface area contributed by atoms with Crippen molar-refractivity contribution in [3.05, 3.63) is 64.4 Å². The molecule has 0 radical (unpaired) electrons. The number of benzene rings is 2. The number of anilines is 1. The third kappa shape index (κ3) is 2.61. The number of nitrogens with one attached hydrogen (secondary N) is 1. The van der Waals surface area contributed by atoms with Gasteiger partial charge in [0.25, 0.3) is 5.56 Å². The van der Waals surface area contributed by atoms with E-state index in [1.54, 1.807) is 11.8 Å². The molecule has 1 aliphatic rings. The lowest BCUT2D eigenvalue weighted by molar-refractivity contribution is 0.619. The van der Waals surface area contributed by atoms with Crippen molar-refractivity contribution >= 4 is 28.6 Å². The van der Waals surface area contributed by atoms with Gasteiger partial charge in [0.15, 0.2) is 0 Å². The van der Waals surface area contributed by atoms with Gasteiger partial charge in [0, 0.05) is 17.2 Å². The molecule has 0 saturated carbocycles. The standard InChI is InChI=1S/C18H17N3OS/c1-12-6-8-14(9-7-12)23-11-13-10-19-18-20-16-5-3-2-4-15(16)17(22)21(13)18/h2-9,13H,10-11H2,1H3,(H,19,20). The Bertz CT molecular complexity index is 918. The third-order valence-electron chi connectivity index (χ3n) is 4.13. The van der Waals surface area contributed by atoms with E-state index in [0.717, 1.165) is 17.8 Å². The molecule has 0 amide bonds. The van der Waals surface area contributed by atoms with Crippen LogP contribution < -0.4 is 10.9 Å². The largest absolute Gasteiger partial charge is 0.353 e. The van der Waals surface area contributed by atoms with Crippen LogP contribution in [0.3, 0.4) is 0 Å². The predicted octanol–water partition coefficient (Wildman–Crippen LogP) is 3.46. The second-order valence-electron chi connectivity index (χ2n) is 5.79. The highest BCUT2D eigenvalue weighted by Crippen LogP contribution is 2.28. The van der Waals surface area contributed by atoms with Crippen molar-refractivity contribution in [3.63, 3.8) is 0 Å². The molecule has 0 fully saturated rings. The Morgan fingerprint density at radius 3 is 2.83 bits per heavy atom. The number of fused-ring (bicyclic) bond motifs is 2. The van der Waals surface area contributed by atoms with Crippen LogP contribution in [0.4, 0.5) is 5.95 Å². The quantitative estimate of drug-likeness (QED) is 0.750. The predicted molar refractivity (Wildman–Crippen MR) is 95.4 cm³/mol. The smallest absolute Gasteiger partial charge is 0.263 e. The fourth-order valence-corrected chi connectivity index (χ4v) is 3.85. The van der Waals surface area contributed by atoms with Crippen molar-refractivity contribution in [2.75, 3.05) is 17.6 Å². The Morgan fingerprint density at radius 2 is 2.00 bits per heavy atom. The Hall–Kier alpha value is -2.27. The van der Waals surface area contributed by atoms with Crippen LogP contribution in [0.1, 0.15) is 11.6 Å². The SMILES string of the molecule is Cc1ccc(SCC2CNc3nc4ccccc4c(=O)n32)cc1. The number of hydrogen-bond acceptors (Lipinski definition) is 4. The second-order valence-corrected chi connectivity index (χ2v) is 6.88. The van der Waals surface area contributed by atoms with Gasteiger partial charge in [0.2, 0.25) is 5.95 Å². The zero-order chi connectivity index (χ0) is 15.8. The lowest BCUT2D eigenvalue weighted by Crippen LogP contribution is -2.24. The van der Waals surface area contributed by atoms with Crippen LogP contribution in [-0.2, 0) is 0 Å². The van der Waals surface area contributed by atoms with Gasteiger partial charge in [0.1, 0.15) is 0 Å². The van der Waals surface area contributed by atoms with Gasteiger partial charge in [-0.15, -0.1) is 11.8 Å². The molecule has 1 aromatic heterocycles. The molecule has 1 N–H and O–H groups in total. The van der Waals surface area contributed by atoms with Gasteiger partial charge in [-0.3, -0.25) is 9.36 Å². The van der Waals surface area contributed by atoms with E-state index in [-0.39, 0.29) is 11.6 Å². The molecule has 2 aromatic carbocycles. The van der Waals surface area contributed by atoms with E-state index in [4.69, 9.17) is 0 Å². The molecule has 1 unspecified atom stereocenters. The number of thioether (sulfide) groups is 1. The van der Waals surface area contributed by atoms with E-state index in [1.807, 2.05) is 28.8 Å². The molecule has 4 rings (SSSR count). The summed E-state index contributed by atoms with van der Waals surface area (Å²) in [6.45, 7) is 2.83. The average molecular weight is 323 g/mol. The number of nitrogens with zero attached hydrogens (tertiary/aromatic N) is 2. The van der Waals surface area contributed by atoms with Crippen LogP contribution in [0.5, 0.6) is 0 Å². The van der Waals surface area contributed by atoms with E-state index in [2.05, 4.69) is 41.5 Å². The second kappa shape index (κ2) is 5.74. The van der Waals surface area contributed by atoms with E-state index < -0.39 is 0 Å². The van der Waals surface area contributed by atoms with Gasteiger partial charge in [-0.1, -0.05) is 29.8 Å². The number of hydrogen-bond donors (Lipinski definition) is 1. The van der Waals surface area contributed by atoms with Crippen LogP contribution in [0.2, 0.25) is 0 Å². The number of aryl methyl sites for hydroxylation is 1. The van der Waals surface area contributed by atoms with E-state index >= 15 is 0 Å². The first-order chi connectivity index (χ1) is 11.2. The van der Waals surface area contributed by atoms with Crippen molar-refractivity contribution in [2.24, 2.45) is 0 Å². The Morgan fingerprint density at radius 1 is 1.22 bits per heavy atom. The number of aromatic nitrogens is 2. The van der Waals surface area contributed by atoms with Crippen LogP contribution >= 0.6 is 11.8 Å². The maximum absolute atomic E-state index is 12.8. The monoisotopic (exact) mass is 323 g/mol. The van der Waals surface area contributed by atoms with Crippen molar-refractivity contribution in [1.82, 2.24) is 9.55 Å². The molecule has 0 bridgehead atoms. The van der Waals surface area contributed by atoms with Gasteiger partial charge in [0.05, 0.1) is 16.9 Å². The molecular formula is C18H17N3OS. The van der Waals surface area contributed by atoms with Crippen molar-refractivity contribution in [2.45, 2.75) is 17.9 Å². The molecule has 1 aliphatic heterocycles. The van der Waals surface area contributed by atoms with Gasteiger partial charge in [-0.25, -0.2) is 4.98 Å². The molecule has 0 saturated heterocycles. The lowest BCUT2D eigenvalue weighted by atomic mass is 10.2. The third-order valence-corrected chi connectivity index (χ3v) is 5.29. The molecule has 23 heavy (non-hydrogen) atoms. The molecular weight excluding hydrogens is 306 g/mol. The molecule has 0 spiro atoms. The van der Waals surface area contributed by atoms with Crippen LogP contribution in [0.15, 0.2) is 58.2 Å². The van der Waals surface area contributed by atoms with E-state index in [0.29, 0.717) is 11.3 Å². The number of rotatable bonds is 3. The number of para-hydroxylation sites is 1. The van der Waals surface area contributed by atoms with Gasteiger partial charge >= 0.3 is 0 Å². The van der Waals surface area contributed by atoms with Crippen molar-refractivity contribution in [3.8, 4) is 0 Å². The van der Waals surface area contributed by atoms with Crippen LogP contribution in [0.25, 0.3) is 10.9 Å². The van der Waals surface area contributed by atoms with Gasteiger partial charge < -0.3 is 5.32 Å². The van der Waals surface area contributed by atoms with Gasteiger partial charge in [-0.2, -0.15) is 0 Å². The van der Waals surface area contributed by atoms with E-state index in [1.165, 1.54) is 10.5 Å². The summed E-state index contributed by atoms with van der Waals surface area (Å²) in [5, 5.41) is 3.95. The van der Waals surface area contributed by atoms with Crippen molar-refractivity contribution < 1.29 is 0 Å². The summed E-state index contributed by atoms with van der Waals surface area (Å²) in [5.74, 6) is 1.53.